The van der Waals surface area contributed by atoms with E-state index in [-0.39, 0.29) is 11.3 Å². The Morgan fingerprint density at radius 3 is 2.27 bits per heavy atom. The second-order valence-corrected chi connectivity index (χ2v) is 9.54. The summed E-state index contributed by atoms with van der Waals surface area (Å²) in [5.74, 6) is -0.448. The number of carbonyl (C=O) groups excluding carboxylic acids is 1. The predicted octanol–water partition coefficient (Wildman–Crippen LogP) is 7.69. The molecule has 204 valence electrons. The first kappa shape index (κ1) is 27.3. The number of ketones is 1. The Balaban J connectivity index is 1.55. The van der Waals surface area contributed by atoms with Crippen LogP contribution in [0.2, 0.25) is 0 Å². The number of aromatic nitrogens is 1. The first-order chi connectivity index (χ1) is 19.8. The van der Waals surface area contributed by atoms with Gasteiger partial charge in [-0.05, 0) is 78.6 Å². The van der Waals surface area contributed by atoms with E-state index in [1.807, 2.05) is 30.3 Å². The number of carboxylic acids is 1. The summed E-state index contributed by atoms with van der Waals surface area (Å²) in [7, 11) is 0. The number of ether oxygens (including phenoxy) is 2. The molecule has 0 unspecified atom stereocenters. The summed E-state index contributed by atoms with van der Waals surface area (Å²) >= 11 is 0. The van der Waals surface area contributed by atoms with Crippen LogP contribution >= 0.6 is 0 Å². The maximum atomic E-state index is 14.0. The molecule has 0 aliphatic carbocycles. The number of hydrogen-bond acceptors (Lipinski definition) is 5. The van der Waals surface area contributed by atoms with Crippen LogP contribution in [0.3, 0.4) is 0 Å². The molecule has 7 heteroatoms. The Bertz CT molecular complexity index is 1760. The minimum absolute atomic E-state index is 0.225. The zero-order chi connectivity index (χ0) is 28.9. The van der Waals surface area contributed by atoms with Gasteiger partial charge in [0.2, 0.25) is 0 Å². The van der Waals surface area contributed by atoms with Gasteiger partial charge >= 0.3 is 5.97 Å². The van der Waals surface area contributed by atoms with E-state index in [0.717, 1.165) is 11.6 Å². The van der Waals surface area contributed by atoms with Crippen molar-refractivity contribution in [2.75, 3.05) is 0 Å². The molecule has 1 N–H and O–H groups in total. The molecule has 0 aliphatic rings. The second-order valence-electron chi connectivity index (χ2n) is 9.54. The van der Waals surface area contributed by atoms with E-state index in [9.17, 15) is 14.0 Å². The summed E-state index contributed by atoms with van der Waals surface area (Å²) in [5, 5.41) is 9.48. The fraction of sp³-hybridized carbons (Fsp3) is 0.0882. The van der Waals surface area contributed by atoms with Crippen molar-refractivity contribution >= 4 is 28.7 Å². The van der Waals surface area contributed by atoms with Gasteiger partial charge in [0.25, 0.3) is 0 Å². The number of carboxylic acid groups (broad SMARTS) is 1. The number of nitrogens with zero attached hydrogens (tertiary/aromatic N) is 1. The largest absolute Gasteiger partial charge is 0.489 e. The molecule has 0 spiro atoms. The van der Waals surface area contributed by atoms with Crippen molar-refractivity contribution in [2.24, 2.45) is 0 Å². The molecule has 41 heavy (non-hydrogen) atoms. The Morgan fingerprint density at radius 1 is 0.902 bits per heavy atom. The van der Waals surface area contributed by atoms with Crippen molar-refractivity contribution in [1.29, 1.82) is 0 Å². The van der Waals surface area contributed by atoms with Crippen molar-refractivity contribution in [2.45, 2.75) is 20.5 Å². The van der Waals surface area contributed by atoms with Crippen LogP contribution in [0.1, 0.15) is 38.2 Å². The molecule has 0 fully saturated rings. The number of benzene rings is 4. The molecular formula is C34H26FNO5. The van der Waals surface area contributed by atoms with Gasteiger partial charge in [0.05, 0.1) is 11.1 Å². The van der Waals surface area contributed by atoms with Crippen LogP contribution in [-0.2, 0) is 11.4 Å². The van der Waals surface area contributed by atoms with Gasteiger partial charge < -0.3 is 14.6 Å². The van der Waals surface area contributed by atoms with Crippen molar-refractivity contribution < 1.29 is 28.6 Å². The number of carbonyl (C=O) groups is 2. The van der Waals surface area contributed by atoms with Crippen LogP contribution < -0.4 is 9.47 Å². The molecule has 0 saturated carbocycles. The van der Waals surface area contributed by atoms with Gasteiger partial charge in [-0.2, -0.15) is 0 Å². The van der Waals surface area contributed by atoms with Crippen LogP contribution in [0, 0.1) is 19.7 Å². The highest BCUT2D eigenvalue weighted by Gasteiger charge is 2.23. The molecule has 0 saturated heterocycles. The normalized spacial score (nSPS) is 11.1. The number of fused-ring (bicyclic) bond motifs is 1. The van der Waals surface area contributed by atoms with Crippen molar-refractivity contribution in [3.8, 4) is 17.2 Å². The lowest BCUT2D eigenvalue weighted by Gasteiger charge is -2.16. The number of rotatable bonds is 9. The Hall–Kier alpha value is -5.30. The van der Waals surface area contributed by atoms with Gasteiger partial charge in [0, 0.05) is 29.3 Å². The van der Waals surface area contributed by atoms with Crippen LogP contribution in [-0.4, -0.2) is 21.8 Å². The molecule has 4 aromatic carbocycles. The molecule has 1 aromatic heterocycles. The van der Waals surface area contributed by atoms with Gasteiger partial charge in [-0.25, -0.2) is 9.18 Å². The standard InChI is InChI=1S/C34H26FNO5/c1-21-16-25(35)17-22(2)32(21)33(39)29-19-36-30-18-27(40-20-24-6-4-3-5-7-24)13-14-28(30)34(29)41-26-11-8-23(9-12-26)10-15-31(37)38/h3-19H,20H2,1-2H3,(H,37,38)/b15-10+. The molecule has 0 atom stereocenters. The minimum atomic E-state index is -1.05. The quantitative estimate of drug-likeness (QED) is 0.150. The lowest BCUT2D eigenvalue weighted by atomic mass is 9.94. The number of halogens is 1. The lowest BCUT2D eigenvalue weighted by molar-refractivity contribution is -0.131. The van der Waals surface area contributed by atoms with Gasteiger partial charge in [-0.15, -0.1) is 0 Å². The lowest BCUT2D eigenvalue weighted by Crippen LogP contribution is -2.09. The average molecular weight is 548 g/mol. The fourth-order valence-electron chi connectivity index (χ4n) is 4.59. The molecular weight excluding hydrogens is 521 g/mol. The number of aliphatic carboxylic acids is 1. The van der Waals surface area contributed by atoms with Crippen LogP contribution in [0.15, 0.2) is 97.2 Å². The van der Waals surface area contributed by atoms with Crippen molar-refractivity contribution in [3.05, 3.63) is 136 Å². The van der Waals surface area contributed by atoms with E-state index in [0.29, 0.717) is 57.0 Å². The number of pyridine rings is 1. The summed E-state index contributed by atoms with van der Waals surface area (Å²) in [6, 6.07) is 24.6. The average Bonchev–Trinajstić information content (AvgIpc) is 2.95. The zero-order valence-corrected chi connectivity index (χ0v) is 22.4. The van der Waals surface area contributed by atoms with Crippen LogP contribution in [0.4, 0.5) is 4.39 Å². The van der Waals surface area contributed by atoms with Gasteiger partial charge in [-0.1, -0.05) is 42.5 Å². The highest BCUT2D eigenvalue weighted by atomic mass is 19.1. The highest BCUT2D eigenvalue weighted by molar-refractivity contribution is 6.14. The molecule has 0 amide bonds. The summed E-state index contributed by atoms with van der Waals surface area (Å²) in [6.45, 7) is 3.77. The third-order valence-corrected chi connectivity index (χ3v) is 6.53. The Kier molecular flexibility index (Phi) is 7.87. The second kappa shape index (κ2) is 11.8. The molecule has 0 bridgehead atoms. The van der Waals surface area contributed by atoms with Crippen LogP contribution in [0.5, 0.6) is 17.2 Å². The molecule has 0 aliphatic heterocycles. The van der Waals surface area contributed by atoms with E-state index >= 15 is 0 Å². The smallest absolute Gasteiger partial charge is 0.328 e. The minimum Gasteiger partial charge on any atom is -0.489 e. The topological polar surface area (TPSA) is 85.7 Å². The van der Waals surface area contributed by atoms with E-state index in [1.165, 1.54) is 24.4 Å². The van der Waals surface area contributed by atoms with E-state index in [1.54, 1.807) is 56.3 Å². The third-order valence-electron chi connectivity index (χ3n) is 6.53. The Labute approximate surface area is 236 Å². The summed E-state index contributed by atoms with van der Waals surface area (Å²) in [5.41, 5.74) is 3.90. The predicted molar refractivity (Wildman–Crippen MR) is 155 cm³/mol. The molecule has 5 rings (SSSR count). The van der Waals surface area contributed by atoms with E-state index < -0.39 is 11.8 Å². The maximum Gasteiger partial charge on any atom is 0.328 e. The first-order valence-electron chi connectivity index (χ1n) is 12.9. The van der Waals surface area contributed by atoms with Crippen molar-refractivity contribution in [3.63, 3.8) is 0 Å². The molecule has 5 aromatic rings. The molecule has 0 radical (unpaired) electrons. The highest BCUT2D eigenvalue weighted by Crippen LogP contribution is 2.36. The SMILES string of the molecule is Cc1cc(F)cc(C)c1C(=O)c1cnc2cc(OCc3ccccc3)ccc2c1Oc1ccc(/C=C/C(=O)O)cc1. The van der Waals surface area contributed by atoms with Gasteiger partial charge in [0.15, 0.2) is 5.78 Å². The first-order valence-corrected chi connectivity index (χ1v) is 12.9. The van der Waals surface area contributed by atoms with E-state index in [4.69, 9.17) is 14.6 Å². The third kappa shape index (κ3) is 6.31. The van der Waals surface area contributed by atoms with Crippen molar-refractivity contribution in [1.82, 2.24) is 4.98 Å². The summed E-state index contributed by atoms with van der Waals surface area (Å²) in [6.07, 6.45) is 3.99. The fourth-order valence-corrected chi connectivity index (χ4v) is 4.59. The zero-order valence-electron chi connectivity index (χ0n) is 22.4. The monoisotopic (exact) mass is 547 g/mol. The number of hydrogen-bond donors (Lipinski definition) is 1. The van der Waals surface area contributed by atoms with Gasteiger partial charge in [-0.3, -0.25) is 9.78 Å². The summed E-state index contributed by atoms with van der Waals surface area (Å²) in [4.78, 5) is 29.3. The van der Waals surface area contributed by atoms with Crippen LogP contribution in [0.25, 0.3) is 17.0 Å². The summed E-state index contributed by atoms with van der Waals surface area (Å²) < 4.78 is 26.3. The molecule has 6 nitrogen and oxygen atoms in total. The number of aryl methyl sites for hydroxylation is 2. The maximum absolute atomic E-state index is 14.0. The van der Waals surface area contributed by atoms with Gasteiger partial charge in [0.1, 0.15) is 29.7 Å². The Morgan fingerprint density at radius 2 is 1.59 bits per heavy atom. The molecule has 1 heterocycles. The van der Waals surface area contributed by atoms with E-state index in [2.05, 4.69) is 4.98 Å².